The molecule has 0 radical (unpaired) electrons. The first-order chi connectivity index (χ1) is 13.0. The van der Waals surface area contributed by atoms with E-state index in [0.717, 1.165) is 36.3 Å². The summed E-state index contributed by atoms with van der Waals surface area (Å²) < 4.78 is 5.64. The molecule has 0 spiro atoms. The number of hydrogen-bond acceptors (Lipinski definition) is 3. The van der Waals surface area contributed by atoms with Crippen LogP contribution in [0, 0.1) is 6.92 Å². The Kier molecular flexibility index (Phi) is 14.0. The van der Waals surface area contributed by atoms with Crippen LogP contribution in [-0.2, 0) is 4.74 Å². The number of ether oxygens (including phenoxy) is 1. The molecule has 1 aromatic carbocycles. The van der Waals surface area contributed by atoms with Crippen LogP contribution in [0.5, 0.6) is 0 Å². The lowest BCUT2D eigenvalue weighted by molar-refractivity contribution is 0.287. The average molecular weight is 376 g/mol. The molecule has 0 fully saturated rings. The van der Waals surface area contributed by atoms with Crippen molar-refractivity contribution in [3.63, 3.8) is 0 Å². The van der Waals surface area contributed by atoms with Gasteiger partial charge in [-0.2, -0.15) is 0 Å². The van der Waals surface area contributed by atoms with E-state index in [9.17, 15) is 0 Å². The number of nitrogens with zero attached hydrogens (tertiary/aromatic N) is 1. The fourth-order valence-corrected chi connectivity index (χ4v) is 2.92. The largest absolute Gasteiger partial charge is 0.498 e. The smallest absolute Gasteiger partial charge is 0.127 e. The van der Waals surface area contributed by atoms with Gasteiger partial charge in [0.25, 0.3) is 0 Å². The summed E-state index contributed by atoms with van der Waals surface area (Å²) in [7, 11) is 3.59. The molecule has 0 aliphatic carbocycles. The molecule has 0 aromatic heterocycles. The number of nitrogens with two attached hydrogens (primary N) is 1. The van der Waals surface area contributed by atoms with E-state index in [1.807, 2.05) is 20.9 Å². The quantitative estimate of drug-likeness (QED) is 0.298. The number of hydrogen-bond donors (Lipinski definition) is 2. The number of methoxy groups -OCH3 is 1. The second-order valence-electron chi connectivity index (χ2n) is 6.50. The van der Waals surface area contributed by atoms with Gasteiger partial charge in [-0.25, -0.2) is 0 Å². The lowest BCUT2D eigenvalue weighted by Crippen LogP contribution is -2.20. The average Bonchev–Trinajstić information content (AvgIpc) is 2.68. The van der Waals surface area contributed by atoms with Crippen LogP contribution in [0.2, 0.25) is 0 Å². The molecule has 1 rings (SSSR count). The molecule has 0 bridgehead atoms. The fraction of sp³-hybridized carbons (Fsp3) is 0.609. The monoisotopic (exact) mass is 375 g/mol. The third-order valence-electron chi connectivity index (χ3n) is 4.32. The van der Waals surface area contributed by atoms with Crippen LogP contribution >= 0.6 is 0 Å². The van der Waals surface area contributed by atoms with E-state index in [1.54, 1.807) is 7.11 Å². The van der Waals surface area contributed by atoms with Crippen molar-refractivity contribution < 1.29 is 4.74 Å². The van der Waals surface area contributed by atoms with Crippen molar-refractivity contribution in [3.05, 3.63) is 41.2 Å². The molecule has 1 atom stereocenters. The molecular weight excluding hydrogens is 334 g/mol. The van der Waals surface area contributed by atoms with Crippen molar-refractivity contribution in [2.24, 2.45) is 10.7 Å². The Hall–Kier alpha value is -1.97. The number of benzene rings is 1. The molecule has 0 saturated heterocycles. The van der Waals surface area contributed by atoms with E-state index in [2.05, 4.69) is 50.4 Å². The molecule has 0 heterocycles. The molecule has 1 aromatic rings. The highest BCUT2D eigenvalue weighted by atomic mass is 16.5. The van der Waals surface area contributed by atoms with Gasteiger partial charge in [-0.15, -0.1) is 0 Å². The van der Waals surface area contributed by atoms with Crippen LogP contribution in [0.4, 0.5) is 0 Å². The maximum atomic E-state index is 6.26. The second kappa shape index (κ2) is 15.1. The normalized spacial score (nSPS) is 13.2. The van der Waals surface area contributed by atoms with E-state index in [4.69, 9.17) is 15.5 Å². The Balaban J connectivity index is 0.00000326. The number of unbranched alkanes of at least 4 members (excludes halogenated alkanes) is 1. The Bertz CT molecular complexity index is 561. The van der Waals surface area contributed by atoms with Crippen LogP contribution in [0.15, 0.2) is 35.0 Å². The first-order valence-corrected chi connectivity index (χ1v) is 10.4. The summed E-state index contributed by atoms with van der Waals surface area (Å²) >= 11 is 0. The minimum Gasteiger partial charge on any atom is -0.498 e. The minimum absolute atomic E-state index is 0.320. The van der Waals surface area contributed by atoms with Crippen molar-refractivity contribution in [2.75, 3.05) is 14.2 Å². The predicted octanol–water partition coefficient (Wildman–Crippen LogP) is 5.66. The number of nitrogens with one attached hydrogen (secondary N) is 1. The molecule has 0 aliphatic rings. The van der Waals surface area contributed by atoms with E-state index >= 15 is 0 Å². The van der Waals surface area contributed by atoms with Crippen molar-refractivity contribution >= 4 is 11.5 Å². The first-order valence-electron chi connectivity index (χ1n) is 10.4. The first kappa shape index (κ1) is 25.0. The van der Waals surface area contributed by atoms with Gasteiger partial charge in [-0.1, -0.05) is 76.8 Å². The van der Waals surface area contributed by atoms with Gasteiger partial charge in [0.15, 0.2) is 0 Å². The standard InChI is InChI=1S/C21H35N3O.C2H6/c1-6-8-10-18(9-7-2)24-20(22)15-19(25-5)21(23-4)17-13-11-16(3)12-14-17;1-2/h11-14,18,23H,6-10,15H2,1-5H3,(H2,22,24);1-2H3/b21-19+;/t18-;/m1./s1. The minimum atomic E-state index is 0.320. The molecular formula is C23H41N3O. The Morgan fingerprint density at radius 3 is 2.22 bits per heavy atom. The fourth-order valence-electron chi connectivity index (χ4n) is 2.92. The van der Waals surface area contributed by atoms with Gasteiger partial charge in [0, 0.05) is 12.6 Å². The third-order valence-corrected chi connectivity index (χ3v) is 4.32. The molecule has 0 aliphatic heterocycles. The topological polar surface area (TPSA) is 59.6 Å². The van der Waals surface area contributed by atoms with Gasteiger partial charge in [0.05, 0.1) is 25.3 Å². The Labute approximate surface area is 167 Å². The highest BCUT2D eigenvalue weighted by Crippen LogP contribution is 2.20. The molecule has 154 valence electrons. The molecule has 0 saturated carbocycles. The summed E-state index contributed by atoms with van der Waals surface area (Å²) in [5.41, 5.74) is 9.54. The molecule has 3 N–H and O–H groups in total. The van der Waals surface area contributed by atoms with Gasteiger partial charge in [-0.05, 0) is 19.8 Å². The van der Waals surface area contributed by atoms with Gasteiger partial charge >= 0.3 is 0 Å². The number of aliphatic imine (C=N–C) groups is 1. The molecule has 0 unspecified atom stereocenters. The van der Waals surface area contributed by atoms with E-state index in [0.29, 0.717) is 18.3 Å². The number of amidine groups is 1. The zero-order valence-electron chi connectivity index (χ0n) is 18.6. The van der Waals surface area contributed by atoms with Gasteiger partial charge in [0.1, 0.15) is 11.6 Å². The summed E-state index contributed by atoms with van der Waals surface area (Å²) in [4.78, 5) is 4.77. The predicted molar refractivity (Wildman–Crippen MR) is 120 cm³/mol. The lowest BCUT2D eigenvalue weighted by Gasteiger charge is -2.16. The molecule has 0 amide bonds. The number of rotatable bonds is 11. The van der Waals surface area contributed by atoms with Crippen molar-refractivity contribution in [2.45, 2.75) is 79.2 Å². The lowest BCUT2D eigenvalue weighted by atomic mass is 10.1. The molecule has 4 nitrogen and oxygen atoms in total. The van der Waals surface area contributed by atoms with Crippen molar-refractivity contribution in [1.29, 1.82) is 0 Å². The van der Waals surface area contributed by atoms with Crippen LogP contribution < -0.4 is 11.1 Å². The molecule has 4 heteroatoms. The zero-order chi connectivity index (χ0) is 20.7. The summed E-state index contributed by atoms with van der Waals surface area (Å²) in [6, 6.07) is 8.70. The number of aryl methyl sites for hydroxylation is 1. The molecule has 27 heavy (non-hydrogen) atoms. The highest BCUT2D eigenvalue weighted by Gasteiger charge is 2.12. The van der Waals surface area contributed by atoms with E-state index in [1.165, 1.54) is 18.4 Å². The van der Waals surface area contributed by atoms with E-state index < -0.39 is 0 Å². The summed E-state index contributed by atoms with van der Waals surface area (Å²) in [5.74, 6) is 1.46. The van der Waals surface area contributed by atoms with Gasteiger partial charge in [-0.3, -0.25) is 4.99 Å². The maximum absolute atomic E-state index is 6.26. The SMILES string of the molecule is CC.CCCC[C@@H](CCC)N=C(N)C/C(OC)=C(\NC)c1ccc(C)cc1. The summed E-state index contributed by atoms with van der Waals surface area (Å²) in [6.07, 6.45) is 6.23. The van der Waals surface area contributed by atoms with Crippen LogP contribution in [-0.4, -0.2) is 26.0 Å². The van der Waals surface area contributed by atoms with Crippen LogP contribution in [0.3, 0.4) is 0 Å². The Morgan fingerprint density at radius 1 is 1.11 bits per heavy atom. The van der Waals surface area contributed by atoms with Gasteiger partial charge in [0.2, 0.25) is 0 Å². The van der Waals surface area contributed by atoms with E-state index in [-0.39, 0.29) is 0 Å². The van der Waals surface area contributed by atoms with Crippen LogP contribution in [0.25, 0.3) is 5.70 Å². The third kappa shape index (κ3) is 9.50. The van der Waals surface area contributed by atoms with Crippen molar-refractivity contribution in [3.8, 4) is 0 Å². The summed E-state index contributed by atoms with van der Waals surface area (Å²) in [6.45, 7) is 10.5. The zero-order valence-corrected chi connectivity index (χ0v) is 18.6. The summed E-state index contributed by atoms with van der Waals surface area (Å²) in [5, 5.41) is 3.25. The maximum Gasteiger partial charge on any atom is 0.127 e. The van der Waals surface area contributed by atoms with Crippen LogP contribution in [0.1, 0.15) is 77.3 Å². The highest BCUT2D eigenvalue weighted by molar-refractivity contribution is 5.84. The Morgan fingerprint density at radius 2 is 1.74 bits per heavy atom. The van der Waals surface area contributed by atoms with Gasteiger partial charge < -0.3 is 15.8 Å². The second-order valence-corrected chi connectivity index (χ2v) is 6.50. The van der Waals surface area contributed by atoms with Crippen molar-refractivity contribution in [1.82, 2.24) is 5.32 Å².